The van der Waals surface area contributed by atoms with Gasteiger partial charge in [-0.1, -0.05) is 6.07 Å². The van der Waals surface area contributed by atoms with Gasteiger partial charge in [-0.15, -0.1) is 0 Å². The third-order valence-corrected chi connectivity index (χ3v) is 4.89. The van der Waals surface area contributed by atoms with Gasteiger partial charge >= 0.3 is 6.18 Å². The Labute approximate surface area is 164 Å². The van der Waals surface area contributed by atoms with Crippen molar-refractivity contribution in [2.24, 2.45) is 0 Å². The Hall–Kier alpha value is -1.96. The number of benzene rings is 1. The molecule has 1 saturated heterocycles. The Morgan fingerprint density at radius 2 is 1.93 bits per heavy atom. The lowest BCUT2D eigenvalue weighted by atomic mass is 10.0. The van der Waals surface area contributed by atoms with E-state index < -0.39 is 12.8 Å². The van der Waals surface area contributed by atoms with Gasteiger partial charge < -0.3 is 19.7 Å². The molecule has 0 unspecified atom stereocenters. The number of carbonyl (C=O) groups excluding carboxylic acids is 1. The molecular weight excluding hydrogens is 373 g/mol. The summed E-state index contributed by atoms with van der Waals surface area (Å²) in [5.41, 5.74) is 0.806. The third-order valence-electron chi connectivity index (χ3n) is 4.89. The highest BCUT2D eigenvalue weighted by atomic mass is 19.4. The summed E-state index contributed by atoms with van der Waals surface area (Å²) in [7, 11) is 1.37. The van der Waals surface area contributed by atoms with Crippen molar-refractivity contribution in [3.63, 3.8) is 0 Å². The van der Waals surface area contributed by atoms with Crippen LogP contribution in [0.5, 0.6) is 11.5 Å². The molecule has 0 aromatic heterocycles. The number of amides is 1. The van der Waals surface area contributed by atoms with E-state index in [2.05, 4.69) is 24.1 Å². The van der Waals surface area contributed by atoms with Crippen molar-refractivity contribution in [2.75, 3.05) is 26.8 Å². The van der Waals surface area contributed by atoms with Crippen LogP contribution in [0.15, 0.2) is 18.2 Å². The Balaban J connectivity index is 1.81. The number of nitrogens with zero attached hydrogens (tertiary/aromatic N) is 1. The van der Waals surface area contributed by atoms with Gasteiger partial charge in [-0.2, -0.15) is 13.2 Å². The summed E-state index contributed by atoms with van der Waals surface area (Å²) >= 11 is 0. The molecule has 1 heterocycles. The first kappa shape index (κ1) is 22.3. The van der Waals surface area contributed by atoms with Crippen molar-refractivity contribution < 1.29 is 27.4 Å². The number of aryl methyl sites for hydroxylation is 1. The molecule has 0 bridgehead atoms. The van der Waals surface area contributed by atoms with Crippen LogP contribution >= 0.6 is 0 Å². The van der Waals surface area contributed by atoms with Crippen LogP contribution in [0, 0.1) is 0 Å². The van der Waals surface area contributed by atoms with Crippen LogP contribution in [0.4, 0.5) is 13.2 Å². The number of hydrogen-bond donors (Lipinski definition) is 1. The molecule has 0 radical (unpaired) electrons. The molecule has 0 aliphatic carbocycles. The van der Waals surface area contributed by atoms with Gasteiger partial charge in [0.1, 0.15) is 0 Å². The second-order valence-electron chi connectivity index (χ2n) is 7.36. The molecule has 5 nitrogen and oxygen atoms in total. The van der Waals surface area contributed by atoms with E-state index >= 15 is 0 Å². The standard InChI is InChI=1S/C20H29F3N2O3/c1-14(2)25-10-8-16(9-11-25)24-19(26)7-5-15-4-6-17(18(12-15)27-3)28-13-20(21,22)23/h4,6,12,14,16H,5,7-11,13H2,1-3H3,(H,24,26). The number of hydrogen-bond acceptors (Lipinski definition) is 4. The van der Waals surface area contributed by atoms with Gasteiger partial charge in [-0.3, -0.25) is 4.79 Å². The maximum absolute atomic E-state index is 12.3. The molecule has 1 N–H and O–H groups in total. The number of ether oxygens (including phenoxy) is 2. The van der Waals surface area contributed by atoms with E-state index in [-0.39, 0.29) is 23.4 Å². The molecule has 1 fully saturated rings. The number of halogens is 3. The van der Waals surface area contributed by atoms with Crippen molar-refractivity contribution >= 4 is 5.91 Å². The van der Waals surface area contributed by atoms with Gasteiger partial charge in [0.2, 0.25) is 5.91 Å². The van der Waals surface area contributed by atoms with Gasteiger partial charge in [0.05, 0.1) is 7.11 Å². The molecule has 0 atom stereocenters. The van der Waals surface area contributed by atoms with Crippen LogP contribution < -0.4 is 14.8 Å². The van der Waals surface area contributed by atoms with Gasteiger partial charge in [0.15, 0.2) is 18.1 Å². The molecular formula is C20H29F3N2O3. The minimum Gasteiger partial charge on any atom is -0.493 e. The predicted octanol–water partition coefficient (Wildman–Crippen LogP) is 3.56. The fourth-order valence-electron chi connectivity index (χ4n) is 3.26. The van der Waals surface area contributed by atoms with Crippen molar-refractivity contribution in [3.05, 3.63) is 23.8 Å². The molecule has 1 aliphatic rings. The van der Waals surface area contributed by atoms with E-state index in [1.165, 1.54) is 13.2 Å². The largest absolute Gasteiger partial charge is 0.493 e. The number of nitrogens with one attached hydrogen (secondary N) is 1. The first-order valence-electron chi connectivity index (χ1n) is 9.58. The van der Waals surface area contributed by atoms with Crippen molar-refractivity contribution in [2.45, 2.75) is 57.8 Å². The maximum atomic E-state index is 12.3. The normalized spacial score (nSPS) is 16.2. The summed E-state index contributed by atoms with van der Waals surface area (Å²) in [5.74, 6) is 0.243. The van der Waals surface area contributed by atoms with E-state index in [1.807, 2.05) is 0 Å². The molecule has 0 spiro atoms. The van der Waals surface area contributed by atoms with Crippen molar-refractivity contribution in [1.82, 2.24) is 10.2 Å². The monoisotopic (exact) mass is 402 g/mol. The molecule has 1 aromatic rings. The molecule has 1 aromatic carbocycles. The molecule has 158 valence electrons. The second kappa shape index (κ2) is 10.0. The fraction of sp³-hybridized carbons (Fsp3) is 0.650. The quantitative estimate of drug-likeness (QED) is 0.723. The lowest BCUT2D eigenvalue weighted by Crippen LogP contribution is -2.46. The average molecular weight is 402 g/mol. The highest BCUT2D eigenvalue weighted by Gasteiger charge is 2.29. The van der Waals surface area contributed by atoms with Gasteiger partial charge in [0, 0.05) is 31.6 Å². The Bertz CT molecular complexity index is 642. The maximum Gasteiger partial charge on any atom is 0.422 e. The number of piperidine rings is 1. The van der Waals surface area contributed by atoms with E-state index in [1.54, 1.807) is 12.1 Å². The molecule has 2 rings (SSSR count). The summed E-state index contributed by atoms with van der Waals surface area (Å²) < 4.78 is 46.8. The van der Waals surface area contributed by atoms with Gasteiger partial charge in [-0.25, -0.2) is 0 Å². The Morgan fingerprint density at radius 1 is 1.25 bits per heavy atom. The smallest absolute Gasteiger partial charge is 0.422 e. The summed E-state index contributed by atoms with van der Waals surface area (Å²) in [4.78, 5) is 14.6. The summed E-state index contributed by atoms with van der Waals surface area (Å²) in [5, 5.41) is 3.08. The number of methoxy groups -OCH3 is 1. The molecule has 28 heavy (non-hydrogen) atoms. The number of rotatable bonds is 8. The number of carbonyl (C=O) groups is 1. The number of alkyl halides is 3. The van der Waals surface area contributed by atoms with E-state index in [9.17, 15) is 18.0 Å². The molecule has 1 aliphatic heterocycles. The SMILES string of the molecule is COc1cc(CCC(=O)NC2CCN(C(C)C)CC2)ccc1OCC(F)(F)F. The Morgan fingerprint density at radius 3 is 2.50 bits per heavy atom. The zero-order valence-corrected chi connectivity index (χ0v) is 16.6. The first-order chi connectivity index (χ1) is 13.2. The Kier molecular flexibility index (Phi) is 7.98. The average Bonchev–Trinajstić information content (AvgIpc) is 2.64. The zero-order chi connectivity index (χ0) is 20.7. The van der Waals surface area contributed by atoms with Crippen LogP contribution in [0.3, 0.4) is 0 Å². The fourth-order valence-corrected chi connectivity index (χ4v) is 3.26. The van der Waals surface area contributed by atoms with E-state index in [0.29, 0.717) is 18.9 Å². The summed E-state index contributed by atoms with van der Waals surface area (Å²) in [6.07, 6.45) is -1.72. The van der Waals surface area contributed by atoms with Crippen LogP contribution in [0.1, 0.15) is 38.7 Å². The van der Waals surface area contributed by atoms with Crippen molar-refractivity contribution in [3.8, 4) is 11.5 Å². The first-order valence-corrected chi connectivity index (χ1v) is 9.58. The topological polar surface area (TPSA) is 50.8 Å². The van der Waals surface area contributed by atoms with Crippen LogP contribution in [0.2, 0.25) is 0 Å². The minimum atomic E-state index is -4.41. The highest BCUT2D eigenvalue weighted by Crippen LogP contribution is 2.30. The van der Waals surface area contributed by atoms with Crippen LogP contribution in [0.25, 0.3) is 0 Å². The second-order valence-corrected chi connectivity index (χ2v) is 7.36. The van der Waals surface area contributed by atoms with Crippen molar-refractivity contribution in [1.29, 1.82) is 0 Å². The lowest BCUT2D eigenvalue weighted by Gasteiger charge is -2.34. The van der Waals surface area contributed by atoms with E-state index in [4.69, 9.17) is 9.47 Å². The van der Waals surface area contributed by atoms with Crippen LogP contribution in [-0.2, 0) is 11.2 Å². The lowest BCUT2D eigenvalue weighted by molar-refractivity contribution is -0.153. The van der Waals surface area contributed by atoms with E-state index in [0.717, 1.165) is 31.5 Å². The zero-order valence-electron chi connectivity index (χ0n) is 16.6. The minimum absolute atomic E-state index is 0.0145. The highest BCUT2D eigenvalue weighted by molar-refractivity contribution is 5.76. The summed E-state index contributed by atoms with van der Waals surface area (Å²) in [6.45, 7) is 4.94. The third kappa shape index (κ3) is 7.22. The molecule has 0 saturated carbocycles. The van der Waals surface area contributed by atoms with Gasteiger partial charge in [0.25, 0.3) is 0 Å². The molecule has 1 amide bonds. The predicted molar refractivity (Wildman–Crippen MR) is 101 cm³/mol. The van der Waals surface area contributed by atoms with Crippen LogP contribution in [-0.4, -0.2) is 55.9 Å². The molecule has 8 heteroatoms. The van der Waals surface area contributed by atoms with Gasteiger partial charge in [-0.05, 0) is 50.8 Å². The number of likely N-dealkylation sites (tertiary alicyclic amines) is 1. The summed E-state index contributed by atoms with van der Waals surface area (Å²) in [6, 6.07) is 5.44.